The van der Waals surface area contributed by atoms with Crippen molar-refractivity contribution in [3.8, 4) is 11.5 Å². The summed E-state index contributed by atoms with van der Waals surface area (Å²) in [6.07, 6.45) is 5.17. The number of allylic oxidation sites excluding steroid dienone is 1. The normalized spacial score (nSPS) is 21.0. The van der Waals surface area contributed by atoms with Crippen molar-refractivity contribution in [3.05, 3.63) is 64.4 Å². The van der Waals surface area contributed by atoms with E-state index in [0.717, 1.165) is 31.5 Å². The molecule has 0 radical (unpaired) electrons. The molecule has 2 aromatic rings. The molecule has 2 aliphatic heterocycles. The highest BCUT2D eigenvalue weighted by Gasteiger charge is 2.32. The minimum absolute atomic E-state index is 0.122. The van der Waals surface area contributed by atoms with Gasteiger partial charge in [-0.15, -0.1) is 0 Å². The zero-order valence-corrected chi connectivity index (χ0v) is 16.6. The van der Waals surface area contributed by atoms with Crippen LogP contribution < -0.4 is 4.74 Å². The van der Waals surface area contributed by atoms with Crippen LogP contribution in [-0.4, -0.2) is 28.9 Å². The Morgan fingerprint density at radius 2 is 2.00 bits per heavy atom. The zero-order chi connectivity index (χ0) is 19.7. The van der Waals surface area contributed by atoms with Crippen LogP contribution >= 0.6 is 0 Å². The molecule has 0 spiro atoms. The number of hydrogen-bond donors (Lipinski definition) is 1. The summed E-state index contributed by atoms with van der Waals surface area (Å²) in [5.41, 5.74) is 3.44. The summed E-state index contributed by atoms with van der Waals surface area (Å²) in [5.74, 6) is 1.55. The van der Waals surface area contributed by atoms with Crippen LogP contribution in [0.5, 0.6) is 11.5 Å². The Hall–Kier alpha value is -2.59. The summed E-state index contributed by atoms with van der Waals surface area (Å²) >= 11 is 0. The Kier molecular flexibility index (Phi) is 5.23. The fourth-order valence-corrected chi connectivity index (χ4v) is 4.10. The molecular formula is C24H27NO3. The predicted molar refractivity (Wildman–Crippen MR) is 111 cm³/mol. The van der Waals surface area contributed by atoms with Crippen molar-refractivity contribution in [2.75, 3.05) is 13.1 Å². The summed E-state index contributed by atoms with van der Waals surface area (Å²) < 4.78 is 5.98. The van der Waals surface area contributed by atoms with Crippen molar-refractivity contribution in [2.24, 2.45) is 5.92 Å². The lowest BCUT2D eigenvalue weighted by Gasteiger charge is -2.31. The summed E-state index contributed by atoms with van der Waals surface area (Å²) in [4.78, 5) is 15.2. The van der Waals surface area contributed by atoms with E-state index in [0.29, 0.717) is 35.1 Å². The summed E-state index contributed by atoms with van der Waals surface area (Å²) in [6.45, 7) is 6.99. The van der Waals surface area contributed by atoms with Crippen LogP contribution in [0.25, 0.3) is 6.08 Å². The van der Waals surface area contributed by atoms with E-state index in [4.69, 9.17) is 4.74 Å². The SMILES string of the molecule is CCc1ccc(/C=C2/Oc3c(ccc(O)c3CN3CCCC(C)C3)C2=O)cc1. The number of aromatic hydroxyl groups is 1. The largest absolute Gasteiger partial charge is 0.507 e. The lowest BCUT2D eigenvalue weighted by Crippen LogP contribution is -2.33. The quantitative estimate of drug-likeness (QED) is 0.778. The lowest BCUT2D eigenvalue weighted by molar-refractivity contribution is 0.101. The molecule has 28 heavy (non-hydrogen) atoms. The van der Waals surface area contributed by atoms with Gasteiger partial charge in [0.25, 0.3) is 0 Å². The highest BCUT2D eigenvalue weighted by atomic mass is 16.5. The number of Topliss-reactive ketones (excluding diaryl/α,β-unsaturated/α-hetero) is 1. The van der Waals surface area contributed by atoms with E-state index in [1.807, 2.05) is 12.1 Å². The predicted octanol–water partition coefficient (Wildman–Crippen LogP) is 4.80. The topological polar surface area (TPSA) is 49.8 Å². The van der Waals surface area contributed by atoms with Gasteiger partial charge in [0.2, 0.25) is 5.78 Å². The Labute approximate surface area is 166 Å². The smallest absolute Gasteiger partial charge is 0.231 e. The molecule has 1 fully saturated rings. The molecule has 1 unspecified atom stereocenters. The van der Waals surface area contributed by atoms with Crippen LogP contribution in [0.4, 0.5) is 0 Å². The third kappa shape index (κ3) is 3.69. The molecule has 1 N–H and O–H groups in total. The first-order chi connectivity index (χ1) is 13.5. The van der Waals surface area contributed by atoms with Gasteiger partial charge in [0.05, 0.1) is 11.1 Å². The van der Waals surface area contributed by atoms with Gasteiger partial charge in [0.15, 0.2) is 5.76 Å². The van der Waals surface area contributed by atoms with Gasteiger partial charge in [-0.05, 0) is 61.1 Å². The number of hydrogen-bond acceptors (Lipinski definition) is 4. The Morgan fingerprint density at radius 1 is 1.21 bits per heavy atom. The van der Waals surface area contributed by atoms with E-state index < -0.39 is 0 Å². The van der Waals surface area contributed by atoms with Crippen molar-refractivity contribution in [2.45, 2.75) is 39.7 Å². The van der Waals surface area contributed by atoms with E-state index in [-0.39, 0.29) is 11.5 Å². The van der Waals surface area contributed by atoms with E-state index in [9.17, 15) is 9.90 Å². The number of phenolic OH excluding ortho intramolecular Hbond substituents is 1. The van der Waals surface area contributed by atoms with Crippen LogP contribution in [0.3, 0.4) is 0 Å². The molecule has 0 saturated carbocycles. The minimum Gasteiger partial charge on any atom is -0.507 e. The third-order valence-electron chi connectivity index (χ3n) is 5.72. The molecule has 146 valence electrons. The van der Waals surface area contributed by atoms with Crippen molar-refractivity contribution < 1.29 is 14.6 Å². The van der Waals surface area contributed by atoms with Gasteiger partial charge in [-0.25, -0.2) is 0 Å². The van der Waals surface area contributed by atoms with Gasteiger partial charge in [0, 0.05) is 13.1 Å². The highest BCUT2D eigenvalue weighted by Crippen LogP contribution is 2.40. The van der Waals surface area contributed by atoms with Crippen LogP contribution in [0.15, 0.2) is 42.2 Å². The zero-order valence-electron chi connectivity index (χ0n) is 16.6. The number of phenols is 1. The number of likely N-dealkylation sites (tertiary alicyclic amines) is 1. The number of piperidine rings is 1. The number of ketones is 1. The average molecular weight is 377 g/mol. The Balaban J connectivity index is 1.61. The fourth-order valence-electron chi connectivity index (χ4n) is 4.10. The molecule has 0 aromatic heterocycles. The number of benzene rings is 2. The van der Waals surface area contributed by atoms with Crippen LogP contribution in [-0.2, 0) is 13.0 Å². The van der Waals surface area contributed by atoms with Crippen LogP contribution in [0.1, 0.15) is 53.7 Å². The minimum atomic E-state index is -0.122. The second kappa shape index (κ2) is 7.80. The molecular weight excluding hydrogens is 350 g/mol. The monoisotopic (exact) mass is 377 g/mol. The van der Waals surface area contributed by atoms with Crippen molar-refractivity contribution in [1.82, 2.24) is 4.90 Å². The molecule has 1 saturated heterocycles. The van der Waals surface area contributed by atoms with Gasteiger partial charge < -0.3 is 9.84 Å². The van der Waals surface area contributed by atoms with Gasteiger partial charge in [-0.2, -0.15) is 0 Å². The molecule has 4 rings (SSSR count). The number of carbonyl (C=O) groups is 1. The maximum atomic E-state index is 12.8. The van der Waals surface area contributed by atoms with E-state index in [1.165, 1.54) is 12.0 Å². The molecule has 4 nitrogen and oxygen atoms in total. The lowest BCUT2D eigenvalue weighted by atomic mass is 9.99. The number of nitrogens with zero attached hydrogens (tertiary/aromatic N) is 1. The van der Waals surface area contributed by atoms with Gasteiger partial charge in [0.1, 0.15) is 11.5 Å². The maximum absolute atomic E-state index is 12.8. The number of aryl methyl sites for hydroxylation is 1. The third-order valence-corrected chi connectivity index (χ3v) is 5.72. The van der Waals surface area contributed by atoms with E-state index >= 15 is 0 Å². The van der Waals surface area contributed by atoms with Gasteiger partial charge in [-0.3, -0.25) is 9.69 Å². The van der Waals surface area contributed by atoms with Crippen molar-refractivity contribution >= 4 is 11.9 Å². The summed E-state index contributed by atoms with van der Waals surface area (Å²) in [7, 11) is 0. The standard InChI is InChI=1S/C24H27NO3/c1-3-17-6-8-18(9-7-17)13-22-23(27)19-10-11-21(26)20(24(19)28-22)15-25-12-4-5-16(2)14-25/h6-11,13,16,26H,3-5,12,14-15H2,1-2H3/b22-13+. The van der Waals surface area contributed by atoms with E-state index in [1.54, 1.807) is 18.2 Å². The number of ether oxygens (including phenoxy) is 1. The molecule has 2 aliphatic rings. The van der Waals surface area contributed by atoms with Crippen LogP contribution in [0, 0.1) is 5.92 Å². The summed E-state index contributed by atoms with van der Waals surface area (Å²) in [6, 6.07) is 11.4. The number of rotatable bonds is 4. The van der Waals surface area contributed by atoms with Crippen molar-refractivity contribution in [1.29, 1.82) is 0 Å². The molecule has 2 heterocycles. The van der Waals surface area contributed by atoms with Gasteiger partial charge in [-0.1, -0.05) is 38.1 Å². The molecule has 0 aliphatic carbocycles. The first-order valence-corrected chi connectivity index (χ1v) is 10.2. The maximum Gasteiger partial charge on any atom is 0.231 e. The highest BCUT2D eigenvalue weighted by molar-refractivity contribution is 6.15. The Bertz CT molecular complexity index is 914. The fraction of sp³-hybridized carbons (Fsp3) is 0.375. The van der Waals surface area contributed by atoms with Gasteiger partial charge >= 0.3 is 0 Å². The van der Waals surface area contributed by atoms with Crippen LogP contribution in [0.2, 0.25) is 0 Å². The summed E-state index contributed by atoms with van der Waals surface area (Å²) in [5, 5.41) is 10.5. The number of fused-ring (bicyclic) bond motifs is 1. The second-order valence-corrected chi connectivity index (χ2v) is 7.96. The van der Waals surface area contributed by atoms with E-state index in [2.05, 4.69) is 30.9 Å². The average Bonchev–Trinajstić information content (AvgIpc) is 3.01. The number of carbonyl (C=O) groups excluding carboxylic acids is 1. The Morgan fingerprint density at radius 3 is 2.71 bits per heavy atom. The second-order valence-electron chi connectivity index (χ2n) is 7.96. The van der Waals surface area contributed by atoms with Crippen molar-refractivity contribution in [3.63, 3.8) is 0 Å². The molecule has 0 amide bonds. The first-order valence-electron chi connectivity index (χ1n) is 10.2. The molecule has 4 heteroatoms. The molecule has 1 atom stereocenters. The molecule has 0 bridgehead atoms. The first kappa shape index (κ1) is 18.8. The molecule has 2 aromatic carbocycles.